The molecule has 1 aliphatic carbocycles. The molecule has 2 heterocycles. The fourth-order valence-corrected chi connectivity index (χ4v) is 6.72. The highest BCUT2D eigenvalue weighted by molar-refractivity contribution is 7.88. The molecule has 1 aromatic heterocycles. The van der Waals surface area contributed by atoms with E-state index in [0.717, 1.165) is 17.0 Å². The van der Waals surface area contributed by atoms with E-state index in [-0.39, 0.29) is 29.4 Å². The van der Waals surface area contributed by atoms with Crippen molar-refractivity contribution in [2.45, 2.75) is 43.7 Å². The number of aromatic nitrogens is 1. The summed E-state index contributed by atoms with van der Waals surface area (Å²) in [4.78, 5) is 4.79. The molecular weight excluding hydrogens is 454 g/mol. The van der Waals surface area contributed by atoms with Gasteiger partial charge in [-0.1, -0.05) is 18.2 Å². The van der Waals surface area contributed by atoms with Gasteiger partial charge < -0.3 is 4.74 Å². The minimum Gasteiger partial charge on any atom is -0.484 e. The summed E-state index contributed by atoms with van der Waals surface area (Å²) in [7, 11) is -3.33. The zero-order valence-corrected chi connectivity index (χ0v) is 19.0. The monoisotopic (exact) mass is 476 g/mol. The molecule has 1 spiro atoms. The summed E-state index contributed by atoms with van der Waals surface area (Å²) in [6.45, 7) is 0.0623. The third-order valence-electron chi connectivity index (χ3n) is 6.19. The Kier molecular flexibility index (Phi) is 5.30. The van der Waals surface area contributed by atoms with Gasteiger partial charge in [-0.3, -0.25) is 0 Å². The summed E-state index contributed by atoms with van der Waals surface area (Å²) in [5.74, 6) is -0.999. The summed E-state index contributed by atoms with van der Waals surface area (Å²) < 4.78 is 61.5. The molecule has 32 heavy (non-hydrogen) atoms. The highest BCUT2D eigenvalue weighted by Crippen LogP contribution is 2.46. The number of rotatable bonds is 2. The van der Waals surface area contributed by atoms with E-state index >= 15 is 0 Å². The lowest BCUT2D eigenvalue weighted by molar-refractivity contribution is 0.286. The second-order valence-corrected chi connectivity index (χ2v) is 11.3. The first-order valence-electron chi connectivity index (χ1n) is 10.3. The van der Waals surface area contributed by atoms with Gasteiger partial charge in [0.2, 0.25) is 10.0 Å². The molecule has 0 radical (unpaired) electrons. The maximum Gasteiger partial charge on any atom is 0.208 e. The summed E-state index contributed by atoms with van der Waals surface area (Å²) >= 11 is 1.50. The van der Waals surface area contributed by atoms with E-state index in [4.69, 9.17) is 9.72 Å². The minimum absolute atomic E-state index is 0.00618. The molecule has 1 aliphatic heterocycles. The second kappa shape index (κ2) is 7.90. The number of thiazole rings is 1. The minimum atomic E-state index is -3.33. The van der Waals surface area contributed by atoms with Gasteiger partial charge in [0.25, 0.3) is 0 Å². The number of nitrogens with one attached hydrogen (secondary N) is 1. The van der Waals surface area contributed by atoms with Crippen LogP contribution in [0.15, 0.2) is 41.8 Å². The van der Waals surface area contributed by atoms with E-state index in [0.29, 0.717) is 30.5 Å². The summed E-state index contributed by atoms with van der Waals surface area (Å²) in [5, 5.41) is 2.79. The molecular formula is C23H22F2N2O3S2. The molecule has 3 aromatic rings. The largest absolute Gasteiger partial charge is 0.484 e. The summed E-state index contributed by atoms with van der Waals surface area (Å²) in [6.07, 6.45) is 3.81. The number of ether oxygens (including phenoxy) is 1. The summed E-state index contributed by atoms with van der Waals surface area (Å²) in [6, 6.07) is 9.17. The second-order valence-electron chi connectivity index (χ2n) is 8.65. The molecule has 1 fully saturated rings. The molecule has 4 bridgehead atoms. The highest BCUT2D eigenvalue weighted by atomic mass is 32.2. The Labute approximate surface area is 189 Å². The number of nitrogens with zero attached hydrogens (tertiary/aromatic N) is 1. The average molecular weight is 477 g/mol. The van der Waals surface area contributed by atoms with E-state index in [1.165, 1.54) is 35.8 Å². The van der Waals surface area contributed by atoms with Crippen LogP contribution in [0.2, 0.25) is 0 Å². The van der Waals surface area contributed by atoms with Crippen LogP contribution < -0.4 is 9.46 Å². The maximum absolute atomic E-state index is 14.8. The van der Waals surface area contributed by atoms with Crippen LogP contribution in [0, 0.1) is 11.6 Å². The van der Waals surface area contributed by atoms with Gasteiger partial charge in [0.1, 0.15) is 12.4 Å². The van der Waals surface area contributed by atoms with E-state index < -0.39 is 21.7 Å². The van der Waals surface area contributed by atoms with Gasteiger partial charge in [-0.05, 0) is 49.4 Å². The molecule has 0 amide bonds. The topological polar surface area (TPSA) is 68.3 Å². The van der Waals surface area contributed by atoms with Crippen LogP contribution in [0.1, 0.15) is 35.5 Å². The first-order chi connectivity index (χ1) is 15.2. The third kappa shape index (κ3) is 4.04. The third-order valence-corrected chi connectivity index (χ3v) is 8.09. The molecule has 9 heteroatoms. The van der Waals surface area contributed by atoms with Gasteiger partial charge in [-0.15, -0.1) is 11.3 Å². The number of hydrogen-bond acceptors (Lipinski definition) is 5. The van der Waals surface area contributed by atoms with Crippen molar-refractivity contribution in [3.63, 3.8) is 0 Å². The van der Waals surface area contributed by atoms with Gasteiger partial charge in [-0.2, -0.15) is 0 Å². The van der Waals surface area contributed by atoms with Crippen LogP contribution in [-0.2, 0) is 28.5 Å². The zero-order valence-electron chi connectivity index (χ0n) is 17.4. The highest BCUT2D eigenvalue weighted by Gasteiger charge is 2.44. The van der Waals surface area contributed by atoms with E-state index in [9.17, 15) is 17.2 Å². The Bertz CT molecular complexity index is 1290. The fraction of sp³-hybridized carbons (Fsp3) is 0.348. The molecule has 5 nitrogen and oxygen atoms in total. The fourth-order valence-electron chi connectivity index (χ4n) is 4.87. The molecule has 2 aromatic carbocycles. The van der Waals surface area contributed by atoms with Gasteiger partial charge in [0.15, 0.2) is 11.6 Å². The van der Waals surface area contributed by atoms with Crippen molar-refractivity contribution in [1.82, 2.24) is 9.71 Å². The normalized spacial score (nSPS) is 22.7. The SMILES string of the molecule is CS(=O)(=O)N[C@H]1CC[C@@]2(Cc3ccc(F)c(c3)-c3cccc(F)c3OCc3csc2n3)C1. The average Bonchev–Trinajstić information content (AvgIpc) is 3.35. The number of halogens is 2. The zero-order chi connectivity index (χ0) is 22.5. The van der Waals surface area contributed by atoms with Crippen molar-refractivity contribution >= 4 is 21.4 Å². The van der Waals surface area contributed by atoms with Crippen molar-refractivity contribution in [3.05, 3.63) is 69.7 Å². The van der Waals surface area contributed by atoms with Crippen molar-refractivity contribution in [1.29, 1.82) is 0 Å². The molecule has 5 rings (SSSR count). The molecule has 0 unspecified atom stereocenters. The van der Waals surface area contributed by atoms with Gasteiger partial charge >= 0.3 is 0 Å². The van der Waals surface area contributed by atoms with Gasteiger partial charge in [0, 0.05) is 28.0 Å². The van der Waals surface area contributed by atoms with Gasteiger partial charge in [0.05, 0.1) is 17.0 Å². The Morgan fingerprint density at radius 3 is 2.84 bits per heavy atom. The van der Waals surface area contributed by atoms with Crippen molar-refractivity contribution in [2.75, 3.05) is 6.26 Å². The number of benzene rings is 2. The lowest BCUT2D eigenvalue weighted by Gasteiger charge is -2.28. The lowest BCUT2D eigenvalue weighted by Crippen LogP contribution is -2.35. The number of para-hydroxylation sites is 1. The van der Waals surface area contributed by atoms with E-state index in [1.54, 1.807) is 18.2 Å². The number of sulfonamides is 1. The van der Waals surface area contributed by atoms with E-state index in [1.807, 2.05) is 5.38 Å². The standard InChI is InChI=1S/C23H22F2N2O3S2/c1-32(28,29)27-15-7-8-23(11-15)10-14-5-6-19(24)18(9-14)17-3-2-4-20(25)21(17)30-12-16-13-31-22(23)26-16/h2-6,9,13,15,27H,7-8,10-12H2,1H3/t15-,23+/m0/s1. The molecule has 168 valence electrons. The van der Waals surface area contributed by atoms with Crippen LogP contribution >= 0.6 is 11.3 Å². The molecule has 1 N–H and O–H groups in total. The number of hydrogen-bond donors (Lipinski definition) is 1. The first kappa shape index (κ1) is 21.5. The quantitative estimate of drug-likeness (QED) is 0.589. The Balaban J connectivity index is 1.62. The van der Waals surface area contributed by atoms with Crippen molar-refractivity contribution in [2.24, 2.45) is 0 Å². The lowest BCUT2D eigenvalue weighted by atomic mass is 9.79. The predicted octanol–water partition coefficient (Wildman–Crippen LogP) is 4.56. The maximum atomic E-state index is 14.8. The van der Waals surface area contributed by atoms with Crippen LogP contribution in [0.3, 0.4) is 0 Å². The Morgan fingerprint density at radius 1 is 1.19 bits per heavy atom. The van der Waals surface area contributed by atoms with Crippen LogP contribution in [-0.4, -0.2) is 25.7 Å². The van der Waals surface area contributed by atoms with E-state index in [2.05, 4.69) is 4.72 Å². The molecule has 1 saturated carbocycles. The predicted molar refractivity (Wildman–Crippen MR) is 119 cm³/mol. The summed E-state index contributed by atoms with van der Waals surface area (Å²) in [5.41, 5.74) is 1.83. The number of fused-ring (bicyclic) bond motifs is 7. The van der Waals surface area contributed by atoms with Crippen molar-refractivity contribution < 1.29 is 21.9 Å². The van der Waals surface area contributed by atoms with Crippen LogP contribution in [0.5, 0.6) is 5.75 Å². The smallest absolute Gasteiger partial charge is 0.208 e. The Hall–Kier alpha value is -2.36. The van der Waals surface area contributed by atoms with Crippen molar-refractivity contribution in [3.8, 4) is 16.9 Å². The molecule has 2 aliphatic rings. The first-order valence-corrected chi connectivity index (χ1v) is 13.1. The van der Waals surface area contributed by atoms with Gasteiger partial charge in [-0.25, -0.2) is 26.9 Å². The molecule has 2 atom stereocenters. The molecule has 0 saturated heterocycles. The Morgan fingerprint density at radius 2 is 2.03 bits per heavy atom. The van der Waals surface area contributed by atoms with Crippen LogP contribution in [0.4, 0.5) is 8.78 Å². The van der Waals surface area contributed by atoms with Crippen LogP contribution in [0.25, 0.3) is 11.1 Å².